The Morgan fingerprint density at radius 2 is 1.97 bits per heavy atom. The summed E-state index contributed by atoms with van der Waals surface area (Å²) < 4.78 is 0. The molecular weight excluding hydrogens is 502 g/mol. The number of hydrogen-bond acceptors (Lipinski definition) is 8. The van der Waals surface area contributed by atoms with E-state index in [1.165, 1.54) is 16.7 Å². The van der Waals surface area contributed by atoms with Gasteiger partial charge in [0.15, 0.2) is 5.96 Å². The number of amides is 3. The Morgan fingerprint density at radius 3 is 2.59 bits per heavy atom. The van der Waals surface area contributed by atoms with Crippen molar-refractivity contribution in [3.8, 4) is 0 Å². The number of nitrogens with one attached hydrogen (secondary N) is 1. The van der Waals surface area contributed by atoms with Gasteiger partial charge in [0.1, 0.15) is 12.2 Å². The first-order chi connectivity index (χ1) is 17.4. The number of rotatable bonds is 8. The van der Waals surface area contributed by atoms with Crippen molar-refractivity contribution in [1.82, 2.24) is 20.0 Å². The molecule has 7 N–H and O–H groups in total. The number of aliphatic hydroxyl groups excluding tert-OH is 1. The van der Waals surface area contributed by atoms with Crippen LogP contribution in [0.1, 0.15) is 26.7 Å². The maximum atomic E-state index is 13.3. The van der Waals surface area contributed by atoms with Gasteiger partial charge in [-0.3, -0.25) is 19.3 Å². The average Bonchev–Trinajstić information content (AvgIpc) is 3.48. The molecule has 7 unspecified atom stereocenters. The number of carbonyl (C=O) groups excluding carboxylic acids is 3. The van der Waals surface area contributed by atoms with Gasteiger partial charge in [0.05, 0.1) is 24.1 Å². The van der Waals surface area contributed by atoms with Gasteiger partial charge < -0.3 is 36.8 Å². The number of aliphatic carboxylic acids is 1. The first-order valence-corrected chi connectivity index (χ1v) is 13.3. The zero-order valence-corrected chi connectivity index (χ0v) is 22.0. The van der Waals surface area contributed by atoms with Gasteiger partial charge in [0.25, 0.3) is 0 Å². The van der Waals surface area contributed by atoms with Crippen molar-refractivity contribution in [3.63, 3.8) is 0 Å². The molecule has 3 fully saturated rings. The van der Waals surface area contributed by atoms with Gasteiger partial charge in [0.2, 0.25) is 17.7 Å². The zero-order chi connectivity index (χ0) is 27.2. The van der Waals surface area contributed by atoms with Crippen molar-refractivity contribution in [2.24, 2.45) is 28.3 Å². The highest BCUT2D eigenvalue weighted by Gasteiger charge is 2.60. The fourth-order valence-corrected chi connectivity index (χ4v) is 7.51. The first-order valence-electron chi connectivity index (χ1n) is 12.4. The molecule has 37 heavy (non-hydrogen) atoms. The number of likely N-dealkylation sites (N-methyl/N-ethyl adjacent to an activating group) is 1. The van der Waals surface area contributed by atoms with Crippen LogP contribution in [0.3, 0.4) is 0 Å². The maximum absolute atomic E-state index is 13.3. The predicted octanol–water partition coefficient (Wildman–Crippen LogP) is -2.06. The normalized spacial score (nSPS) is 32.3. The second-order valence-electron chi connectivity index (χ2n) is 10.3. The van der Waals surface area contributed by atoms with Crippen LogP contribution in [0, 0.1) is 11.8 Å². The molecule has 0 aliphatic carbocycles. The van der Waals surface area contributed by atoms with Crippen LogP contribution in [0.4, 0.5) is 0 Å². The second-order valence-corrected chi connectivity index (χ2v) is 11.6. The van der Waals surface area contributed by atoms with Crippen LogP contribution >= 0.6 is 11.8 Å². The Balaban J connectivity index is 1.37. The van der Waals surface area contributed by atoms with Crippen molar-refractivity contribution in [2.45, 2.75) is 56.2 Å². The molecule has 3 amide bonds. The van der Waals surface area contributed by atoms with Gasteiger partial charge in [0, 0.05) is 41.7 Å². The monoisotopic (exact) mass is 537 g/mol. The Morgan fingerprint density at radius 1 is 1.27 bits per heavy atom. The van der Waals surface area contributed by atoms with Crippen LogP contribution in [0.5, 0.6) is 0 Å². The summed E-state index contributed by atoms with van der Waals surface area (Å²) in [5.74, 6) is -2.82. The summed E-state index contributed by atoms with van der Waals surface area (Å²) in [5.41, 5.74) is 10.5. The number of β-lactam (4-membered cyclic amide) rings is 1. The predicted molar refractivity (Wildman–Crippen MR) is 136 cm³/mol. The molecule has 4 aliphatic heterocycles. The van der Waals surface area contributed by atoms with Crippen molar-refractivity contribution in [1.29, 1.82) is 0 Å². The van der Waals surface area contributed by atoms with Crippen LogP contribution in [0.25, 0.3) is 0 Å². The molecule has 0 radical (unpaired) electrons. The summed E-state index contributed by atoms with van der Waals surface area (Å²) in [7, 11) is 1.87. The lowest BCUT2D eigenvalue weighted by atomic mass is 9.79. The number of fused-ring (bicyclic) bond motifs is 1. The highest BCUT2D eigenvalue weighted by Crippen LogP contribution is 2.52. The van der Waals surface area contributed by atoms with Crippen LogP contribution in [0.15, 0.2) is 15.6 Å². The van der Waals surface area contributed by atoms with Crippen LogP contribution in [-0.2, 0) is 19.2 Å². The van der Waals surface area contributed by atoms with Crippen LogP contribution in [0.2, 0.25) is 0 Å². The molecule has 204 valence electrons. The van der Waals surface area contributed by atoms with Gasteiger partial charge in [-0.15, -0.1) is 11.8 Å². The first kappa shape index (κ1) is 27.2. The molecule has 4 heterocycles. The molecule has 0 saturated carbocycles. The molecule has 14 heteroatoms. The summed E-state index contributed by atoms with van der Waals surface area (Å²) in [5, 5.41) is 22.7. The third-order valence-corrected chi connectivity index (χ3v) is 9.16. The average molecular weight is 538 g/mol. The number of thioether (sulfide) groups is 1. The molecule has 7 atom stereocenters. The number of nitrogens with two attached hydrogens (primary N) is 2. The number of carboxylic acid groups (broad SMARTS) is 1. The fourth-order valence-electron chi connectivity index (χ4n) is 5.91. The van der Waals surface area contributed by atoms with Crippen molar-refractivity contribution in [3.05, 3.63) is 10.6 Å². The lowest BCUT2D eigenvalue weighted by Gasteiger charge is -2.46. The highest BCUT2D eigenvalue weighted by atomic mass is 32.2. The summed E-state index contributed by atoms with van der Waals surface area (Å²) in [6, 6.07) is -0.890. The third-order valence-electron chi connectivity index (χ3n) is 7.67. The molecule has 3 saturated heterocycles. The van der Waals surface area contributed by atoms with Crippen molar-refractivity contribution >= 4 is 41.4 Å². The minimum absolute atomic E-state index is 0.000632. The van der Waals surface area contributed by atoms with Gasteiger partial charge >= 0.3 is 5.97 Å². The van der Waals surface area contributed by atoms with E-state index in [-0.39, 0.29) is 65.2 Å². The van der Waals surface area contributed by atoms with E-state index in [4.69, 9.17) is 11.5 Å². The van der Waals surface area contributed by atoms with E-state index in [2.05, 4.69) is 10.3 Å². The molecule has 0 aromatic carbocycles. The quantitative estimate of drug-likeness (QED) is 0.130. The standard InChI is InChI=1S/C23H35N7O6S/c1-10-17-16(11(2)31)21(34)30(17)18(22(35)36)19(10)37-13-6-14(28(3)9-13)20(33)29-5-4-12(8-29)27-15(32)7-26-23(24)25/h10-14,16-17,31H,4-9H2,1-3H3,(H,27,32)(H,35,36)(H4,24,25,26). The molecular formula is C23H35N7O6S. The fraction of sp³-hybridized carbons (Fsp3) is 0.696. The lowest BCUT2D eigenvalue weighted by molar-refractivity contribution is -0.163. The molecule has 4 aliphatic rings. The van der Waals surface area contributed by atoms with E-state index in [1.807, 2.05) is 18.9 Å². The minimum Gasteiger partial charge on any atom is -0.477 e. The topological polar surface area (TPSA) is 195 Å². The number of guanidine groups is 1. The maximum Gasteiger partial charge on any atom is 0.353 e. The van der Waals surface area contributed by atoms with E-state index in [0.717, 1.165) is 0 Å². The van der Waals surface area contributed by atoms with E-state index < -0.39 is 18.0 Å². The lowest BCUT2D eigenvalue weighted by Crippen LogP contribution is -2.63. The molecule has 13 nitrogen and oxygen atoms in total. The van der Waals surface area contributed by atoms with E-state index in [9.17, 15) is 29.4 Å². The van der Waals surface area contributed by atoms with E-state index >= 15 is 0 Å². The van der Waals surface area contributed by atoms with Gasteiger partial charge in [-0.05, 0) is 26.8 Å². The Hall–Kier alpha value is -2.84. The summed E-state index contributed by atoms with van der Waals surface area (Å²) in [6.07, 6.45) is 0.325. The molecule has 0 aromatic heterocycles. The SMILES string of the molecule is CC(O)C1C(=O)N2C(C(=O)O)=C(SC3CC(C(=O)N4CCC(NC(=O)CN=C(N)N)C4)N(C)C3)C(C)C12. The number of hydrogen-bond donors (Lipinski definition) is 5. The van der Waals surface area contributed by atoms with Crippen molar-refractivity contribution in [2.75, 3.05) is 33.2 Å². The number of aliphatic hydroxyl groups is 1. The summed E-state index contributed by atoms with van der Waals surface area (Å²) in [4.78, 5) is 59.4. The van der Waals surface area contributed by atoms with Gasteiger partial charge in [-0.1, -0.05) is 6.92 Å². The largest absolute Gasteiger partial charge is 0.477 e. The number of nitrogens with zero attached hydrogens (tertiary/aromatic N) is 4. The second kappa shape index (κ2) is 10.5. The van der Waals surface area contributed by atoms with Crippen LogP contribution < -0.4 is 16.8 Å². The number of carbonyl (C=O) groups is 4. The Kier molecular flexibility index (Phi) is 7.72. The molecule has 0 aromatic rings. The third kappa shape index (κ3) is 5.14. The van der Waals surface area contributed by atoms with Crippen molar-refractivity contribution < 1.29 is 29.4 Å². The van der Waals surface area contributed by atoms with Gasteiger partial charge in [-0.25, -0.2) is 9.79 Å². The molecule has 0 bridgehead atoms. The minimum atomic E-state index is -1.15. The Labute approximate surface area is 219 Å². The zero-order valence-electron chi connectivity index (χ0n) is 21.2. The summed E-state index contributed by atoms with van der Waals surface area (Å²) in [6.45, 7) is 4.81. The molecule has 0 spiro atoms. The summed E-state index contributed by atoms with van der Waals surface area (Å²) >= 11 is 1.43. The van der Waals surface area contributed by atoms with Crippen LogP contribution in [-0.4, -0.2) is 117 Å². The smallest absolute Gasteiger partial charge is 0.353 e. The number of aliphatic imine (C=N–C) groups is 1. The number of carboxylic acids is 1. The number of likely N-dealkylation sites (tertiary alicyclic amines) is 2. The molecule has 4 rings (SSSR count). The van der Waals surface area contributed by atoms with E-state index in [1.54, 1.807) is 11.8 Å². The Bertz CT molecular complexity index is 1040. The van der Waals surface area contributed by atoms with Gasteiger partial charge in [-0.2, -0.15) is 0 Å². The van der Waals surface area contributed by atoms with E-state index in [0.29, 0.717) is 37.4 Å². The highest BCUT2D eigenvalue weighted by molar-refractivity contribution is 8.03.